The van der Waals surface area contributed by atoms with Crippen molar-refractivity contribution in [2.75, 3.05) is 31.2 Å². The summed E-state index contributed by atoms with van der Waals surface area (Å²) in [5, 5.41) is 26.2. The van der Waals surface area contributed by atoms with Crippen molar-refractivity contribution in [3.63, 3.8) is 0 Å². The lowest BCUT2D eigenvalue weighted by atomic mass is 10.1. The molecule has 0 spiro atoms. The van der Waals surface area contributed by atoms with Crippen LogP contribution in [-0.4, -0.2) is 98.5 Å². The van der Waals surface area contributed by atoms with E-state index in [1.54, 1.807) is 6.20 Å². The molecule has 7 aromatic rings. The second-order valence-electron chi connectivity index (χ2n) is 13.1. The lowest BCUT2D eigenvalue weighted by Crippen LogP contribution is -2.29. The van der Waals surface area contributed by atoms with Gasteiger partial charge in [-0.2, -0.15) is 41.6 Å². The molecular weight excluding hydrogens is 825 g/mol. The number of hydrogen-bond donors (Lipinski definition) is 1. The number of nitrogens with zero attached hydrogens (tertiary/aromatic N) is 12. The van der Waals surface area contributed by atoms with Crippen LogP contribution in [0.1, 0.15) is 31.3 Å². The molecule has 24 heteroatoms. The molecule has 1 aromatic carbocycles. The van der Waals surface area contributed by atoms with Crippen LogP contribution in [0.3, 0.4) is 0 Å². The first kappa shape index (κ1) is 41.3. The summed E-state index contributed by atoms with van der Waals surface area (Å²) in [7, 11) is 0. The quantitative estimate of drug-likeness (QED) is 0.164. The first-order valence-electron chi connectivity index (χ1n) is 17.9. The largest absolute Gasteiger partial charge is 0.454 e. The third-order valence-corrected chi connectivity index (χ3v) is 9.48. The van der Waals surface area contributed by atoms with Crippen LogP contribution in [0.15, 0.2) is 83.0 Å². The Bertz CT molecular complexity index is 2650. The SMILES string of the molecule is O=c1ccc(-c2cnc(OCC(F)(F)F)nc2)nn1Cc1ccc2[nH]ncc2c1.O=c1ccc(-c2cnc(OCC(F)(F)F)nc2)nn1Cc1nnc(N2CCCCC2)s1.[HH]. The Morgan fingerprint density at radius 2 is 1.23 bits per heavy atom. The maximum atomic E-state index is 12.2. The number of rotatable bonds is 11. The number of aromatic amines is 1. The van der Waals surface area contributed by atoms with E-state index in [2.05, 4.69) is 64.9 Å². The summed E-state index contributed by atoms with van der Waals surface area (Å²) in [6.45, 7) is -0.656. The Morgan fingerprint density at radius 3 is 1.78 bits per heavy atom. The highest BCUT2D eigenvalue weighted by molar-refractivity contribution is 7.15. The van der Waals surface area contributed by atoms with Gasteiger partial charge in [0.05, 0.1) is 36.2 Å². The number of H-pyrrole nitrogens is 1. The van der Waals surface area contributed by atoms with Gasteiger partial charge in [-0.3, -0.25) is 14.7 Å². The van der Waals surface area contributed by atoms with E-state index in [-0.39, 0.29) is 25.6 Å². The molecule has 314 valence electrons. The molecule has 1 aliphatic rings. The number of halogens is 6. The molecule has 1 saturated heterocycles. The lowest BCUT2D eigenvalue weighted by molar-refractivity contribution is -0.155. The summed E-state index contributed by atoms with van der Waals surface area (Å²) >= 11 is 1.42. The van der Waals surface area contributed by atoms with Crippen LogP contribution < -0.4 is 25.5 Å². The van der Waals surface area contributed by atoms with Crippen molar-refractivity contribution in [1.29, 1.82) is 0 Å². The third kappa shape index (κ3) is 11.2. The van der Waals surface area contributed by atoms with Gasteiger partial charge in [-0.15, -0.1) is 10.2 Å². The van der Waals surface area contributed by atoms with Crippen LogP contribution in [0.2, 0.25) is 0 Å². The molecule has 60 heavy (non-hydrogen) atoms. The van der Waals surface area contributed by atoms with Crippen LogP contribution in [0.25, 0.3) is 33.4 Å². The molecule has 1 fully saturated rings. The first-order valence-corrected chi connectivity index (χ1v) is 18.8. The van der Waals surface area contributed by atoms with Crippen molar-refractivity contribution in [1.82, 2.24) is 59.9 Å². The van der Waals surface area contributed by atoms with Crippen LogP contribution in [-0.2, 0) is 13.1 Å². The van der Waals surface area contributed by atoms with E-state index in [0.717, 1.165) is 47.5 Å². The van der Waals surface area contributed by atoms with Gasteiger partial charge in [0.15, 0.2) is 13.2 Å². The van der Waals surface area contributed by atoms with Gasteiger partial charge in [-0.25, -0.2) is 29.3 Å². The smallest absolute Gasteiger partial charge is 0.422 e. The molecule has 0 atom stereocenters. The monoisotopic (exact) mass is 857 g/mol. The van der Waals surface area contributed by atoms with E-state index in [0.29, 0.717) is 27.5 Å². The minimum Gasteiger partial charge on any atom is -0.454 e. The Balaban J connectivity index is 0.000000201. The summed E-state index contributed by atoms with van der Waals surface area (Å²) in [5.74, 6) is 0. The fraction of sp³-hybridized carbons (Fsp3) is 0.306. The van der Waals surface area contributed by atoms with Crippen molar-refractivity contribution in [3.8, 4) is 34.5 Å². The lowest BCUT2D eigenvalue weighted by Gasteiger charge is -2.25. The number of ether oxygens (including phenoxy) is 2. The fourth-order valence-corrected chi connectivity index (χ4v) is 6.56. The van der Waals surface area contributed by atoms with Crippen molar-refractivity contribution < 1.29 is 37.2 Å². The summed E-state index contributed by atoms with van der Waals surface area (Å²) in [6.07, 6.45) is 1.35. The predicted octanol–water partition coefficient (Wildman–Crippen LogP) is 5.34. The van der Waals surface area contributed by atoms with E-state index < -0.39 is 37.6 Å². The average Bonchev–Trinajstić information content (AvgIpc) is 3.91. The normalized spacial score (nSPS) is 13.2. The van der Waals surface area contributed by atoms with Gasteiger partial charge in [0.2, 0.25) is 5.13 Å². The molecule has 0 aliphatic carbocycles. The van der Waals surface area contributed by atoms with Crippen LogP contribution in [0.4, 0.5) is 31.5 Å². The second-order valence-corrected chi connectivity index (χ2v) is 14.1. The minimum atomic E-state index is -4.47. The number of benzene rings is 1. The standard InChI is InChI=1S/C18H18F3N7O2S.C18H13F3N6O2.H2/c19-18(20,21)11-30-16-22-8-12(9-23-16)13-4-5-15(29)28(26-13)10-14-24-25-17(31-14)27-6-2-1-3-7-27;19-18(20,21)10-29-17-22-6-13(7-23-17)15-3-4-16(28)27(26-15)9-11-1-2-14-12(5-11)8-24-25-14;/h4-5,8-9H,1-3,6-7,10-11H2;1-8H,9-10H2,(H,24,25);1H. The predicted molar refractivity (Wildman–Crippen MR) is 205 cm³/mol. The zero-order valence-electron chi connectivity index (χ0n) is 31.0. The topological polar surface area (TPSA) is 198 Å². The number of nitrogens with one attached hydrogen (secondary N) is 1. The van der Waals surface area contributed by atoms with Gasteiger partial charge < -0.3 is 14.4 Å². The van der Waals surface area contributed by atoms with E-state index in [9.17, 15) is 35.9 Å². The average molecular weight is 858 g/mol. The van der Waals surface area contributed by atoms with E-state index in [1.165, 1.54) is 76.2 Å². The van der Waals surface area contributed by atoms with Crippen LogP contribution in [0, 0.1) is 0 Å². The number of anilines is 1. The minimum absolute atomic E-state index is 0. The van der Waals surface area contributed by atoms with Gasteiger partial charge in [0, 0.05) is 67.9 Å². The molecule has 1 aliphatic heterocycles. The van der Waals surface area contributed by atoms with E-state index >= 15 is 0 Å². The van der Waals surface area contributed by atoms with Crippen LogP contribution in [0.5, 0.6) is 12.0 Å². The summed E-state index contributed by atoms with van der Waals surface area (Å²) in [5.41, 5.74) is 2.78. The highest BCUT2D eigenvalue weighted by Crippen LogP contribution is 2.25. The molecule has 0 unspecified atom stereocenters. The summed E-state index contributed by atoms with van der Waals surface area (Å²) in [6, 6.07) is 10.5. The van der Waals surface area contributed by atoms with Crippen molar-refractivity contribution in [3.05, 3.63) is 105 Å². The first-order chi connectivity index (χ1) is 28.7. The van der Waals surface area contributed by atoms with E-state index in [4.69, 9.17) is 0 Å². The highest BCUT2D eigenvalue weighted by atomic mass is 32.1. The van der Waals surface area contributed by atoms with Gasteiger partial charge in [0.25, 0.3) is 11.1 Å². The Labute approximate surface area is 339 Å². The molecule has 0 bridgehead atoms. The van der Waals surface area contributed by atoms with Crippen molar-refractivity contribution in [2.45, 2.75) is 44.7 Å². The maximum Gasteiger partial charge on any atom is 0.422 e. The zero-order valence-corrected chi connectivity index (χ0v) is 31.8. The van der Waals surface area contributed by atoms with E-state index in [1.807, 2.05) is 18.2 Å². The Hall–Kier alpha value is -6.85. The molecular formula is C36H33F6N13O4S. The molecule has 0 radical (unpaired) electrons. The summed E-state index contributed by atoms with van der Waals surface area (Å²) in [4.78, 5) is 41.6. The molecule has 1 N–H and O–H groups in total. The Kier molecular flexibility index (Phi) is 12.4. The Morgan fingerprint density at radius 1 is 0.683 bits per heavy atom. The number of hydrogen-bond acceptors (Lipinski definition) is 15. The van der Waals surface area contributed by atoms with Crippen molar-refractivity contribution >= 4 is 27.4 Å². The number of piperidine rings is 1. The maximum absolute atomic E-state index is 12.2. The zero-order chi connectivity index (χ0) is 42.3. The number of alkyl halides is 6. The van der Waals surface area contributed by atoms with Crippen molar-refractivity contribution in [2.24, 2.45) is 0 Å². The van der Waals surface area contributed by atoms with Gasteiger partial charge in [-0.05, 0) is 49.1 Å². The fourth-order valence-electron chi connectivity index (χ4n) is 5.68. The summed E-state index contributed by atoms with van der Waals surface area (Å²) < 4.78 is 84.7. The molecule has 0 saturated carbocycles. The third-order valence-electron chi connectivity index (χ3n) is 8.52. The molecule has 0 amide bonds. The van der Waals surface area contributed by atoms with Crippen LogP contribution >= 0.6 is 11.3 Å². The second kappa shape index (κ2) is 18.0. The highest BCUT2D eigenvalue weighted by Gasteiger charge is 2.30. The molecule has 7 heterocycles. The van der Waals surface area contributed by atoms with Gasteiger partial charge >= 0.3 is 24.4 Å². The molecule has 17 nitrogen and oxygen atoms in total. The number of fused-ring (bicyclic) bond motifs is 1. The molecule has 8 rings (SSSR count). The van der Waals surface area contributed by atoms with Gasteiger partial charge in [0.1, 0.15) is 5.01 Å². The number of aromatic nitrogens is 12. The van der Waals surface area contributed by atoms with Gasteiger partial charge in [-0.1, -0.05) is 17.4 Å². The molecule has 6 aromatic heterocycles.